The summed E-state index contributed by atoms with van der Waals surface area (Å²) in [5.41, 5.74) is 5.97. The summed E-state index contributed by atoms with van der Waals surface area (Å²) < 4.78 is 2.17. The van der Waals surface area contributed by atoms with Crippen LogP contribution in [0.25, 0.3) is 22.2 Å². The van der Waals surface area contributed by atoms with Gasteiger partial charge in [-0.3, -0.25) is 14.8 Å². The smallest absolute Gasteiger partial charge is 0.253 e. The summed E-state index contributed by atoms with van der Waals surface area (Å²) in [5.74, 6) is 0.00644. The second kappa shape index (κ2) is 7.27. The molecule has 4 aromatic rings. The molecule has 0 saturated carbocycles. The molecule has 140 valence electrons. The molecule has 0 aliphatic heterocycles. The summed E-state index contributed by atoms with van der Waals surface area (Å²) >= 11 is 0. The third-order valence-corrected chi connectivity index (χ3v) is 4.91. The van der Waals surface area contributed by atoms with E-state index >= 15 is 0 Å². The van der Waals surface area contributed by atoms with Gasteiger partial charge in [0.25, 0.3) is 5.91 Å². The van der Waals surface area contributed by atoms with E-state index in [1.807, 2.05) is 48.7 Å². The highest BCUT2D eigenvalue weighted by atomic mass is 16.2. The standard InChI is InChI=1S/C23H22N4O/c1-26(2)23(28)17-9-7-16(8-10-17)21-12-18-15-25-20(14-22(18)27(21)3)13-19-6-4-5-11-24-19/h4-12,14-15H,13H2,1-3H3. The van der Waals surface area contributed by atoms with Crippen LogP contribution in [0.4, 0.5) is 0 Å². The Morgan fingerprint density at radius 2 is 1.79 bits per heavy atom. The van der Waals surface area contributed by atoms with Gasteiger partial charge in [0.2, 0.25) is 0 Å². The van der Waals surface area contributed by atoms with Crippen LogP contribution in [0.2, 0.25) is 0 Å². The van der Waals surface area contributed by atoms with Gasteiger partial charge in [0, 0.05) is 68.0 Å². The summed E-state index contributed by atoms with van der Waals surface area (Å²) in [6.45, 7) is 0. The third-order valence-electron chi connectivity index (χ3n) is 4.91. The van der Waals surface area contributed by atoms with Gasteiger partial charge in [0.15, 0.2) is 0 Å². The highest BCUT2D eigenvalue weighted by Crippen LogP contribution is 2.28. The number of carbonyl (C=O) groups excluding carboxylic acids is 1. The van der Waals surface area contributed by atoms with Crippen LogP contribution >= 0.6 is 0 Å². The Labute approximate surface area is 164 Å². The molecule has 0 saturated heterocycles. The van der Waals surface area contributed by atoms with Gasteiger partial charge in [-0.1, -0.05) is 18.2 Å². The molecule has 0 fully saturated rings. The molecule has 0 aliphatic carbocycles. The normalized spacial score (nSPS) is 11.0. The SMILES string of the molecule is CN(C)C(=O)c1ccc(-c2cc3cnc(Cc4ccccn4)cc3n2C)cc1. The molecule has 5 nitrogen and oxygen atoms in total. The van der Waals surface area contributed by atoms with E-state index in [9.17, 15) is 4.79 Å². The molecule has 0 radical (unpaired) electrons. The lowest BCUT2D eigenvalue weighted by molar-refractivity contribution is 0.0827. The average molecular weight is 370 g/mol. The van der Waals surface area contributed by atoms with Crippen LogP contribution in [-0.2, 0) is 13.5 Å². The van der Waals surface area contributed by atoms with Crippen LogP contribution in [0, 0.1) is 0 Å². The molecule has 1 amide bonds. The quantitative estimate of drug-likeness (QED) is 0.547. The van der Waals surface area contributed by atoms with Crippen LogP contribution in [0.15, 0.2) is 67.0 Å². The number of pyridine rings is 2. The minimum atomic E-state index is 0.00644. The molecule has 3 heterocycles. The predicted molar refractivity (Wildman–Crippen MR) is 111 cm³/mol. The predicted octanol–water partition coefficient (Wildman–Crippen LogP) is 3.93. The van der Waals surface area contributed by atoms with Crippen molar-refractivity contribution in [3.8, 4) is 11.3 Å². The lowest BCUT2D eigenvalue weighted by Crippen LogP contribution is -2.21. The van der Waals surface area contributed by atoms with Gasteiger partial charge in [-0.15, -0.1) is 0 Å². The third kappa shape index (κ3) is 3.39. The van der Waals surface area contributed by atoms with Crippen LogP contribution in [-0.4, -0.2) is 39.4 Å². The molecule has 0 spiro atoms. The maximum atomic E-state index is 12.1. The van der Waals surface area contributed by atoms with Gasteiger partial charge >= 0.3 is 0 Å². The molecular weight excluding hydrogens is 348 g/mol. The van der Waals surface area contributed by atoms with Gasteiger partial charge in [-0.2, -0.15) is 0 Å². The maximum Gasteiger partial charge on any atom is 0.253 e. The molecule has 5 heteroatoms. The van der Waals surface area contributed by atoms with Gasteiger partial charge in [0.1, 0.15) is 0 Å². The minimum Gasteiger partial charge on any atom is -0.345 e. The van der Waals surface area contributed by atoms with Crippen molar-refractivity contribution < 1.29 is 4.79 Å². The van der Waals surface area contributed by atoms with Crippen molar-refractivity contribution in [2.24, 2.45) is 7.05 Å². The summed E-state index contributed by atoms with van der Waals surface area (Å²) in [5, 5.41) is 1.09. The highest BCUT2D eigenvalue weighted by Gasteiger charge is 2.12. The summed E-state index contributed by atoms with van der Waals surface area (Å²) in [7, 11) is 5.58. The number of benzene rings is 1. The van der Waals surface area contributed by atoms with Crippen molar-refractivity contribution in [3.63, 3.8) is 0 Å². The fourth-order valence-corrected chi connectivity index (χ4v) is 3.38. The maximum absolute atomic E-state index is 12.1. The van der Waals surface area contributed by atoms with E-state index in [2.05, 4.69) is 33.7 Å². The molecule has 0 unspecified atom stereocenters. The largest absolute Gasteiger partial charge is 0.345 e. The highest BCUT2D eigenvalue weighted by molar-refractivity contribution is 5.94. The van der Waals surface area contributed by atoms with Crippen LogP contribution < -0.4 is 0 Å². The molecule has 0 atom stereocenters. The molecule has 0 N–H and O–H groups in total. The number of carbonyl (C=O) groups is 1. The summed E-state index contributed by atoms with van der Waals surface area (Å²) in [6, 6.07) is 17.9. The fraction of sp³-hybridized carbons (Fsp3) is 0.174. The number of aryl methyl sites for hydroxylation is 1. The molecule has 0 aliphatic rings. The number of fused-ring (bicyclic) bond motifs is 1. The van der Waals surface area contributed by atoms with Gasteiger partial charge in [-0.05, 0) is 42.0 Å². The van der Waals surface area contributed by atoms with Gasteiger partial charge in [-0.25, -0.2) is 0 Å². The zero-order valence-corrected chi connectivity index (χ0v) is 16.3. The second-order valence-electron chi connectivity index (χ2n) is 7.10. The van der Waals surface area contributed by atoms with Crippen molar-refractivity contribution >= 4 is 16.8 Å². The Hall–Kier alpha value is -3.47. The monoisotopic (exact) mass is 370 g/mol. The molecule has 3 aromatic heterocycles. The molecule has 4 rings (SSSR count). The molecule has 28 heavy (non-hydrogen) atoms. The molecular formula is C23H22N4O. The van der Waals surface area contributed by atoms with E-state index in [1.54, 1.807) is 25.2 Å². The first-order chi connectivity index (χ1) is 13.5. The zero-order chi connectivity index (χ0) is 19.7. The number of aromatic nitrogens is 3. The van der Waals surface area contributed by atoms with Crippen molar-refractivity contribution in [2.45, 2.75) is 6.42 Å². The van der Waals surface area contributed by atoms with Crippen molar-refractivity contribution in [3.05, 3.63) is 83.9 Å². The first-order valence-electron chi connectivity index (χ1n) is 9.19. The van der Waals surface area contributed by atoms with Crippen molar-refractivity contribution in [2.75, 3.05) is 14.1 Å². The van der Waals surface area contributed by atoms with Crippen molar-refractivity contribution in [1.29, 1.82) is 0 Å². The average Bonchev–Trinajstić information content (AvgIpc) is 3.04. The van der Waals surface area contributed by atoms with Gasteiger partial charge < -0.3 is 9.47 Å². The molecule has 0 bridgehead atoms. The Balaban J connectivity index is 1.67. The number of hydrogen-bond acceptors (Lipinski definition) is 3. The van der Waals surface area contributed by atoms with E-state index < -0.39 is 0 Å². The zero-order valence-electron chi connectivity index (χ0n) is 16.3. The lowest BCUT2D eigenvalue weighted by atomic mass is 10.1. The summed E-state index contributed by atoms with van der Waals surface area (Å²) in [6.07, 6.45) is 4.43. The Kier molecular flexibility index (Phi) is 4.65. The first-order valence-corrected chi connectivity index (χ1v) is 9.19. The van der Waals surface area contributed by atoms with E-state index in [-0.39, 0.29) is 5.91 Å². The van der Waals surface area contributed by atoms with Crippen LogP contribution in [0.3, 0.4) is 0 Å². The first kappa shape index (κ1) is 17.9. The number of nitrogens with zero attached hydrogens (tertiary/aromatic N) is 4. The van der Waals surface area contributed by atoms with Crippen molar-refractivity contribution in [1.82, 2.24) is 19.4 Å². The number of amides is 1. The van der Waals surface area contributed by atoms with Crippen LogP contribution in [0.1, 0.15) is 21.7 Å². The van der Waals surface area contributed by atoms with E-state index in [1.165, 1.54) is 0 Å². The Morgan fingerprint density at radius 1 is 1.00 bits per heavy atom. The second-order valence-corrected chi connectivity index (χ2v) is 7.10. The summed E-state index contributed by atoms with van der Waals surface area (Å²) in [4.78, 5) is 22.7. The molecule has 1 aromatic carbocycles. The van der Waals surface area contributed by atoms with Gasteiger partial charge in [0.05, 0.1) is 5.52 Å². The Bertz CT molecular complexity index is 1130. The Morgan fingerprint density at radius 3 is 2.46 bits per heavy atom. The van der Waals surface area contributed by atoms with E-state index in [0.717, 1.165) is 33.5 Å². The van der Waals surface area contributed by atoms with Crippen LogP contribution in [0.5, 0.6) is 0 Å². The number of hydrogen-bond donors (Lipinski definition) is 0. The lowest BCUT2D eigenvalue weighted by Gasteiger charge is -2.11. The topological polar surface area (TPSA) is 51.0 Å². The minimum absolute atomic E-state index is 0.00644. The number of rotatable bonds is 4. The van der Waals surface area contributed by atoms with E-state index in [4.69, 9.17) is 0 Å². The fourth-order valence-electron chi connectivity index (χ4n) is 3.38. The van der Waals surface area contributed by atoms with E-state index in [0.29, 0.717) is 12.0 Å².